The topological polar surface area (TPSA) is 29.0 Å². The molecule has 1 saturated heterocycles. The summed E-state index contributed by atoms with van der Waals surface area (Å²) in [6, 6.07) is 10.0. The van der Waals surface area contributed by atoms with Gasteiger partial charge in [-0.25, -0.2) is 8.78 Å². The molecule has 0 radical (unpaired) electrons. The normalized spacial score (nSPS) is 15.6. The smallest absolute Gasteiger partial charge is 0.160 e. The van der Waals surface area contributed by atoms with Crippen molar-refractivity contribution in [2.75, 3.05) is 18.4 Å². The number of benzene rings is 2. The van der Waals surface area contributed by atoms with Crippen LogP contribution in [0.5, 0.6) is 0 Å². The van der Waals surface area contributed by atoms with Crippen molar-refractivity contribution in [1.82, 2.24) is 9.88 Å². The fraction of sp³-hybridized carbons (Fsp3) is 0.300. The maximum Gasteiger partial charge on any atom is 0.160 e. The van der Waals surface area contributed by atoms with E-state index in [1.165, 1.54) is 23.1 Å². The van der Waals surface area contributed by atoms with Crippen molar-refractivity contribution in [2.24, 2.45) is 7.05 Å². The van der Waals surface area contributed by atoms with Crippen LogP contribution in [-0.4, -0.2) is 17.7 Å². The minimum Gasteiger partial charge on any atom is -0.355 e. The second-order valence-corrected chi connectivity index (χ2v) is 6.71. The van der Waals surface area contributed by atoms with Crippen molar-refractivity contribution in [3.05, 3.63) is 59.8 Å². The molecule has 1 aliphatic heterocycles. The molecule has 25 heavy (non-hydrogen) atoms. The molecule has 1 fully saturated rings. The monoisotopic (exact) mass is 341 g/mol. The first-order valence-electron chi connectivity index (χ1n) is 8.63. The second kappa shape index (κ2) is 6.48. The van der Waals surface area contributed by atoms with Crippen LogP contribution in [0, 0.1) is 11.6 Å². The van der Waals surface area contributed by atoms with Crippen molar-refractivity contribution in [1.29, 1.82) is 0 Å². The van der Waals surface area contributed by atoms with E-state index in [0.717, 1.165) is 43.2 Å². The van der Waals surface area contributed by atoms with Crippen molar-refractivity contribution >= 4 is 22.3 Å². The molecule has 2 heterocycles. The van der Waals surface area contributed by atoms with Gasteiger partial charge in [0.05, 0.1) is 5.52 Å². The van der Waals surface area contributed by atoms with E-state index < -0.39 is 11.6 Å². The zero-order chi connectivity index (χ0) is 17.4. The Morgan fingerprint density at radius 1 is 1.00 bits per heavy atom. The highest BCUT2D eigenvalue weighted by atomic mass is 19.2. The lowest BCUT2D eigenvalue weighted by Crippen LogP contribution is -2.26. The quantitative estimate of drug-likeness (QED) is 0.725. The summed E-state index contributed by atoms with van der Waals surface area (Å²) in [5.74, 6) is -1.09. The van der Waals surface area contributed by atoms with E-state index in [0.29, 0.717) is 11.6 Å². The van der Waals surface area contributed by atoms with Crippen molar-refractivity contribution < 1.29 is 8.78 Å². The highest BCUT2D eigenvalue weighted by molar-refractivity contribution is 5.88. The van der Waals surface area contributed by atoms with Crippen molar-refractivity contribution in [2.45, 2.75) is 18.8 Å². The molecule has 0 spiro atoms. The Morgan fingerprint density at radius 3 is 2.48 bits per heavy atom. The van der Waals surface area contributed by atoms with Crippen LogP contribution in [0.25, 0.3) is 10.9 Å². The second-order valence-electron chi connectivity index (χ2n) is 6.71. The Morgan fingerprint density at radius 2 is 1.72 bits per heavy atom. The van der Waals surface area contributed by atoms with Gasteiger partial charge in [0.25, 0.3) is 0 Å². The van der Waals surface area contributed by atoms with E-state index in [4.69, 9.17) is 0 Å². The average molecular weight is 341 g/mol. The molecule has 1 aromatic heterocycles. The molecule has 5 heteroatoms. The Kier molecular flexibility index (Phi) is 4.17. The highest BCUT2D eigenvalue weighted by Crippen LogP contribution is 2.34. The molecule has 4 rings (SSSR count). The van der Waals surface area contributed by atoms with E-state index in [1.54, 1.807) is 0 Å². The molecule has 0 amide bonds. The summed E-state index contributed by atoms with van der Waals surface area (Å²) in [6.45, 7) is 2.13. The minimum absolute atomic E-state index is 0.533. The largest absolute Gasteiger partial charge is 0.355 e. The first kappa shape index (κ1) is 16.1. The maximum absolute atomic E-state index is 13.4. The number of anilines is 2. The van der Waals surface area contributed by atoms with Gasteiger partial charge in [0, 0.05) is 36.1 Å². The van der Waals surface area contributed by atoms with Gasteiger partial charge in [-0.2, -0.15) is 0 Å². The molecule has 0 atom stereocenters. The third kappa shape index (κ3) is 3.12. The van der Waals surface area contributed by atoms with Gasteiger partial charge in [0.1, 0.15) is 0 Å². The van der Waals surface area contributed by atoms with Crippen LogP contribution in [0.4, 0.5) is 20.2 Å². The third-order valence-corrected chi connectivity index (χ3v) is 5.01. The zero-order valence-electron chi connectivity index (χ0n) is 14.2. The minimum atomic E-state index is -0.849. The van der Waals surface area contributed by atoms with Crippen LogP contribution in [0.3, 0.4) is 0 Å². The van der Waals surface area contributed by atoms with E-state index in [9.17, 15) is 8.78 Å². The van der Waals surface area contributed by atoms with Crippen molar-refractivity contribution in [3.63, 3.8) is 0 Å². The predicted octanol–water partition coefficient (Wildman–Crippen LogP) is 4.67. The van der Waals surface area contributed by atoms with Gasteiger partial charge in [-0.05, 0) is 61.7 Å². The summed E-state index contributed by atoms with van der Waals surface area (Å²) in [4.78, 5) is 0. The standard InChI is InChI=1S/C20H21F2N3/c1-25-12-17(13-6-8-23-9-7-13)16-4-2-15(11-20(16)25)24-14-3-5-18(21)19(22)10-14/h2-5,10-13,23-24H,6-9H2,1H3. The Labute approximate surface area is 145 Å². The molecule has 1 aliphatic rings. The molecule has 130 valence electrons. The van der Waals surface area contributed by atoms with E-state index >= 15 is 0 Å². The highest BCUT2D eigenvalue weighted by Gasteiger charge is 2.19. The summed E-state index contributed by atoms with van der Waals surface area (Å²) in [7, 11) is 2.05. The third-order valence-electron chi connectivity index (χ3n) is 5.01. The molecular weight excluding hydrogens is 320 g/mol. The van der Waals surface area contributed by atoms with E-state index in [1.807, 2.05) is 13.1 Å². The maximum atomic E-state index is 13.4. The molecule has 2 N–H and O–H groups in total. The lowest BCUT2D eigenvalue weighted by molar-refractivity contribution is 0.462. The van der Waals surface area contributed by atoms with E-state index in [-0.39, 0.29) is 0 Å². The number of aromatic nitrogens is 1. The number of hydrogen-bond acceptors (Lipinski definition) is 2. The van der Waals surface area contributed by atoms with Gasteiger partial charge in [-0.15, -0.1) is 0 Å². The van der Waals surface area contributed by atoms with Crippen LogP contribution in [0.1, 0.15) is 24.3 Å². The zero-order valence-corrected chi connectivity index (χ0v) is 14.2. The van der Waals surface area contributed by atoms with Gasteiger partial charge >= 0.3 is 0 Å². The van der Waals surface area contributed by atoms with Gasteiger partial charge in [-0.3, -0.25) is 0 Å². The fourth-order valence-corrected chi connectivity index (χ4v) is 3.69. The SMILES string of the molecule is Cn1cc(C2CCNCC2)c2ccc(Nc3ccc(F)c(F)c3)cc21. The number of nitrogens with one attached hydrogen (secondary N) is 2. The molecular formula is C20H21F2N3. The number of nitrogens with zero attached hydrogens (tertiary/aromatic N) is 1. The van der Waals surface area contributed by atoms with Crippen LogP contribution in [-0.2, 0) is 7.05 Å². The number of aryl methyl sites for hydroxylation is 1. The van der Waals surface area contributed by atoms with Crippen LogP contribution in [0.2, 0.25) is 0 Å². The molecule has 0 aliphatic carbocycles. The van der Waals surface area contributed by atoms with Crippen LogP contribution >= 0.6 is 0 Å². The number of fused-ring (bicyclic) bond motifs is 1. The molecule has 2 aromatic carbocycles. The van der Waals surface area contributed by atoms with Gasteiger partial charge in [0.2, 0.25) is 0 Å². The van der Waals surface area contributed by atoms with Crippen LogP contribution in [0.15, 0.2) is 42.6 Å². The Bertz CT molecular complexity index is 911. The molecule has 0 saturated carbocycles. The lowest BCUT2D eigenvalue weighted by atomic mass is 9.90. The Hall–Kier alpha value is -2.40. The number of hydrogen-bond donors (Lipinski definition) is 2. The molecule has 0 unspecified atom stereocenters. The summed E-state index contributed by atoms with van der Waals surface area (Å²) in [6.07, 6.45) is 4.55. The summed E-state index contributed by atoms with van der Waals surface area (Å²) in [5, 5.41) is 7.83. The lowest BCUT2D eigenvalue weighted by Gasteiger charge is -2.22. The predicted molar refractivity (Wildman–Crippen MR) is 97.4 cm³/mol. The molecule has 3 aromatic rings. The summed E-state index contributed by atoms with van der Waals surface area (Å²) >= 11 is 0. The number of rotatable bonds is 3. The van der Waals surface area contributed by atoms with Gasteiger partial charge in [0.15, 0.2) is 11.6 Å². The van der Waals surface area contributed by atoms with Gasteiger partial charge in [-0.1, -0.05) is 6.07 Å². The first-order valence-corrected chi connectivity index (χ1v) is 8.63. The molecule has 0 bridgehead atoms. The molecule has 3 nitrogen and oxygen atoms in total. The summed E-state index contributed by atoms with van der Waals surface area (Å²) < 4.78 is 28.6. The first-order chi connectivity index (χ1) is 12.1. The van der Waals surface area contributed by atoms with Crippen molar-refractivity contribution in [3.8, 4) is 0 Å². The van der Waals surface area contributed by atoms with E-state index in [2.05, 4.69) is 33.5 Å². The summed E-state index contributed by atoms with van der Waals surface area (Å²) in [5.41, 5.74) is 3.93. The number of piperidine rings is 1. The van der Waals surface area contributed by atoms with Crippen LogP contribution < -0.4 is 10.6 Å². The van der Waals surface area contributed by atoms with Gasteiger partial charge < -0.3 is 15.2 Å². The average Bonchev–Trinajstić information content (AvgIpc) is 2.95. The number of halogens is 2. The fourth-order valence-electron chi connectivity index (χ4n) is 3.69. The Balaban J connectivity index is 1.66.